The topological polar surface area (TPSA) is 72.4 Å². The van der Waals surface area contributed by atoms with E-state index in [-0.39, 0.29) is 6.10 Å². The van der Waals surface area contributed by atoms with Crippen LogP contribution in [0.25, 0.3) is 0 Å². The fourth-order valence-electron chi connectivity index (χ4n) is 2.98. The van der Waals surface area contributed by atoms with Gasteiger partial charge in [0.25, 0.3) is 0 Å². The monoisotopic (exact) mass is 375 g/mol. The Morgan fingerprint density at radius 2 is 1.92 bits per heavy atom. The summed E-state index contributed by atoms with van der Waals surface area (Å²) in [6.45, 7) is 6.75. The van der Waals surface area contributed by atoms with Crippen molar-refractivity contribution >= 4 is 10.0 Å². The van der Waals surface area contributed by atoms with E-state index in [1.165, 1.54) is 4.31 Å². The molecule has 1 atom stereocenters. The summed E-state index contributed by atoms with van der Waals surface area (Å²) in [6, 6.07) is 5.57. The Bertz CT molecular complexity index is 866. The first-order chi connectivity index (χ1) is 12.4. The Morgan fingerprint density at radius 3 is 2.58 bits per heavy atom. The lowest BCUT2D eigenvalue weighted by atomic mass is 10.1. The molecule has 1 fully saturated rings. The molecule has 1 saturated heterocycles. The molecule has 1 aliphatic heterocycles. The number of benzene rings is 1. The molecule has 0 spiro atoms. The van der Waals surface area contributed by atoms with Crippen LogP contribution in [0, 0.1) is 13.8 Å². The number of ether oxygens (including phenoxy) is 1. The Morgan fingerprint density at radius 1 is 1.19 bits per heavy atom. The van der Waals surface area contributed by atoms with E-state index in [4.69, 9.17) is 4.74 Å². The molecule has 1 aromatic heterocycles. The lowest BCUT2D eigenvalue weighted by Crippen LogP contribution is -2.44. The maximum absolute atomic E-state index is 13.0. The molecule has 0 aliphatic carbocycles. The fraction of sp³-hybridized carbons (Fsp3) is 0.474. The summed E-state index contributed by atoms with van der Waals surface area (Å²) in [4.78, 5) is 8.76. The number of piperidine rings is 1. The second-order valence-corrected chi connectivity index (χ2v) is 8.66. The van der Waals surface area contributed by atoms with Crippen molar-refractivity contribution in [2.24, 2.45) is 0 Å². The summed E-state index contributed by atoms with van der Waals surface area (Å²) in [6.07, 6.45) is 5.66. The van der Waals surface area contributed by atoms with E-state index in [1.54, 1.807) is 24.5 Å². The van der Waals surface area contributed by atoms with Gasteiger partial charge in [-0.2, -0.15) is 4.31 Å². The Labute approximate surface area is 155 Å². The lowest BCUT2D eigenvalue weighted by molar-refractivity contribution is 0.119. The van der Waals surface area contributed by atoms with Crippen molar-refractivity contribution in [3.63, 3.8) is 0 Å². The largest absolute Gasteiger partial charge is 0.459 e. The van der Waals surface area contributed by atoms with E-state index in [1.807, 2.05) is 26.8 Å². The first-order valence-electron chi connectivity index (χ1n) is 8.95. The second kappa shape index (κ2) is 7.72. The maximum atomic E-state index is 13.0. The molecule has 3 rings (SSSR count). The summed E-state index contributed by atoms with van der Waals surface area (Å²) in [7, 11) is -3.52. The molecule has 0 N–H and O–H groups in total. The van der Waals surface area contributed by atoms with Gasteiger partial charge in [0, 0.05) is 18.9 Å². The van der Waals surface area contributed by atoms with Crippen LogP contribution in [0.15, 0.2) is 35.5 Å². The van der Waals surface area contributed by atoms with Gasteiger partial charge in [-0.15, -0.1) is 0 Å². The average molecular weight is 375 g/mol. The third-order valence-corrected chi connectivity index (χ3v) is 6.68. The van der Waals surface area contributed by atoms with Crippen LogP contribution in [0.2, 0.25) is 0 Å². The van der Waals surface area contributed by atoms with Crippen LogP contribution in [0.3, 0.4) is 0 Å². The molecule has 2 aromatic rings. The van der Waals surface area contributed by atoms with Crippen LogP contribution < -0.4 is 4.74 Å². The van der Waals surface area contributed by atoms with E-state index in [0.29, 0.717) is 24.0 Å². The van der Waals surface area contributed by atoms with Crippen molar-refractivity contribution in [1.29, 1.82) is 0 Å². The molecule has 0 saturated carbocycles. The van der Waals surface area contributed by atoms with Gasteiger partial charge in [0.1, 0.15) is 6.10 Å². The molecule has 1 aromatic carbocycles. The first kappa shape index (κ1) is 18.8. The zero-order valence-electron chi connectivity index (χ0n) is 15.5. The van der Waals surface area contributed by atoms with Crippen molar-refractivity contribution in [3.8, 4) is 6.01 Å². The summed E-state index contributed by atoms with van der Waals surface area (Å²) >= 11 is 0. The molecule has 0 bridgehead atoms. The second-order valence-electron chi connectivity index (χ2n) is 6.72. The predicted molar refractivity (Wildman–Crippen MR) is 99.7 cm³/mol. The molecule has 0 amide bonds. The van der Waals surface area contributed by atoms with Gasteiger partial charge in [-0.05, 0) is 61.9 Å². The Hall–Kier alpha value is -1.99. The van der Waals surface area contributed by atoms with Crippen LogP contribution >= 0.6 is 0 Å². The zero-order chi connectivity index (χ0) is 18.7. The fourth-order valence-corrected chi connectivity index (χ4v) is 4.57. The highest BCUT2D eigenvalue weighted by Gasteiger charge is 2.31. The van der Waals surface area contributed by atoms with Crippen LogP contribution in [0.1, 0.15) is 36.5 Å². The summed E-state index contributed by atoms with van der Waals surface area (Å²) in [5, 5.41) is 0. The third kappa shape index (κ3) is 4.04. The zero-order valence-corrected chi connectivity index (χ0v) is 16.3. The highest BCUT2D eigenvalue weighted by molar-refractivity contribution is 7.89. The minimum atomic E-state index is -3.52. The van der Waals surface area contributed by atoms with Crippen LogP contribution in [-0.2, 0) is 16.4 Å². The molecule has 2 heterocycles. The predicted octanol–water partition coefficient (Wildman–Crippen LogP) is 2.89. The summed E-state index contributed by atoms with van der Waals surface area (Å²) < 4.78 is 33.3. The van der Waals surface area contributed by atoms with Crippen molar-refractivity contribution < 1.29 is 13.2 Å². The molecule has 0 radical (unpaired) electrons. The van der Waals surface area contributed by atoms with Gasteiger partial charge < -0.3 is 4.74 Å². The van der Waals surface area contributed by atoms with E-state index in [9.17, 15) is 8.42 Å². The van der Waals surface area contributed by atoms with E-state index < -0.39 is 10.0 Å². The average Bonchev–Trinajstić information content (AvgIpc) is 2.65. The van der Waals surface area contributed by atoms with Crippen molar-refractivity contribution in [1.82, 2.24) is 14.3 Å². The SMILES string of the molecule is CCc1cnc(OC2CCCN(S(=O)(=O)c3ccc(C)c(C)c3)C2)nc1. The smallest absolute Gasteiger partial charge is 0.316 e. The minimum Gasteiger partial charge on any atom is -0.459 e. The number of sulfonamides is 1. The number of hydrogen-bond acceptors (Lipinski definition) is 5. The first-order valence-corrected chi connectivity index (χ1v) is 10.4. The van der Waals surface area contributed by atoms with Gasteiger partial charge in [-0.25, -0.2) is 18.4 Å². The molecular formula is C19H25N3O3S. The third-order valence-electron chi connectivity index (χ3n) is 4.82. The standard InChI is InChI=1S/C19H25N3O3S/c1-4-16-11-20-19(21-12-16)25-17-6-5-9-22(13-17)26(23,24)18-8-7-14(2)15(3)10-18/h7-8,10-12,17H,4-6,9,13H2,1-3H3. The van der Waals surface area contributed by atoms with Gasteiger partial charge in [0.15, 0.2) is 0 Å². The summed E-state index contributed by atoms with van der Waals surface area (Å²) in [5.41, 5.74) is 3.09. The van der Waals surface area contributed by atoms with Crippen LogP contribution in [0.4, 0.5) is 0 Å². The molecule has 1 aliphatic rings. The van der Waals surface area contributed by atoms with Gasteiger partial charge in [-0.1, -0.05) is 13.0 Å². The van der Waals surface area contributed by atoms with E-state index >= 15 is 0 Å². The number of hydrogen-bond donors (Lipinski definition) is 0. The maximum Gasteiger partial charge on any atom is 0.316 e. The van der Waals surface area contributed by atoms with Crippen LogP contribution in [0.5, 0.6) is 6.01 Å². The summed E-state index contributed by atoms with van der Waals surface area (Å²) in [5.74, 6) is 0. The number of nitrogens with zero attached hydrogens (tertiary/aromatic N) is 3. The number of aromatic nitrogens is 2. The van der Waals surface area contributed by atoms with Gasteiger partial charge in [-0.3, -0.25) is 0 Å². The van der Waals surface area contributed by atoms with Gasteiger partial charge >= 0.3 is 6.01 Å². The van der Waals surface area contributed by atoms with Gasteiger partial charge in [0.05, 0.1) is 11.4 Å². The van der Waals surface area contributed by atoms with Crippen LogP contribution in [-0.4, -0.2) is 41.9 Å². The van der Waals surface area contributed by atoms with Crippen molar-refractivity contribution in [2.75, 3.05) is 13.1 Å². The Balaban J connectivity index is 1.73. The normalized spacial score (nSPS) is 18.7. The highest BCUT2D eigenvalue weighted by atomic mass is 32.2. The molecule has 1 unspecified atom stereocenters. The molecule has 140 valence electrons. The highest BCUT2D eigenvalue weighted by Crippen LogP contribution is 2.24. The van der Waals surface area contributed by atoms with Crippen molar-refractivity contribution in [2.45, 2.75) is 51.0 Å². The molecule has 26 heavy (non-hydrogen) atoms. The molecular weight excluding hydrogens is 350 g/mol. The molecule has 7 heteroatoms. The number of aryl methyl sites for hydroxylation is 3. The molecule has 6 nitrogen and oxygen atoms in total. The van der Waals surface area contributed by atoms with Crippen molar-refractivity contribution in [3.05, 3.63) is 47.3 Å². The number of rotatable bonds is 5. The Kier molecular flexibility index (Phi) is 5.58. The van der Waals surface area contributed by atoms with E-state index in [2.05, 4.69) is 9.97 Å². The quantitative estimate of drug-likeness (QED) is 0.803. The van der Waals surface area contributed by atoms with E-state index in [0.717, 1.165) is 36.0 Å². The lowest BCUT2D eigenvalue weighted by Gasteiger charge is -2.31. The minimum absolute atomic E-state index is 0.238. The van der Waals surface area contributed by atoms with Gasteiger partial charge in [0.2, 0.25) is 10.0 Å².